The molecule has 1 unspecified atom stereocenters. The van der Waals surface area contributed by atoms with Gasteiger partial charge < -0.3 is 8.98 Å². The Kier molecular flexibility index (Phi) is 7.54. The third-order valence-corrected chi connectivity index (χ3v) is 9.52. The van der Waals surface area contributed by atoms with Gasteiger partial charge in [0.2, 0.25) is 0 Å². The van der Waals surface area contributed by atoms with E-state index in [2.05, 4.69) is 114 Å². The number of rotatable bonds is 8. The van der Waals surface area contributed by atoms with E-state index < -0.39 is 0 Å². The number of nitrogens with zero attached hydrogens (tertiary/aromatic N) is 3. The van der Waals surface area contributed by atoms with E-state index in [1.54, 1.807) is 5.01 Å². The average molecular weight is 647 g/mol. The van der Waals surface area contributed by atoms with Crippen LogP contribution in [0.4, 0.5) is 0 Å². The van der Waals surface area contributed by atoms with Crippen LogP contribution in [0, 0.1) is 0 Å². The van der Waals surface area contributed by atoms with Gasteiger partial charge in [-0.05, 0) is 52.6 Å². The van der Waals surface area contributed by atoms with Crippen molar-refractivity contribution in [1.29, 1.82) is 0 Å². The van der Waals surface area contributed by atoms with E-state index in [1.165, 1.54) is 10.8 Å². The highest BCUT2D eigenvalue weighted by Gasteiger charge is 2.19. The van der Waals surface area contributed by atoms with Gasteiger partial charge in [0, 0.05) is 45.6 Å². The third kappa shape index (κ3) is 5.35. The van der Waals surface area contributed by atoms with Crippen LogP contribution in [0.15, 0.2) is 179 Å². The van der Waals surface area contributed by atoms with E-state index in [0.29, 0.717) is 6.54 Å². The Bertz CT molecular complexity index is 2640. The van der Waals surface area contributed by atoms with Crippen molar-refractivity contribution >= 4 is 50.0 Å². The minimum absolute atomic E-state index is 0.376. The van der Waals surface area contributed by atoms with Crippen molar-refractivity contribution in [3.05, 3.63) is 187 Å². The molecule has 0 saturated heterocycles. The highest BCUT2D eigenvalue weighted by Crippen LogP contribution is 2.39. The molecule has 2 heterocycles. The number of hydrogen-bond donors (Lipinski definition) is 1. The molecule has 0 aliphatic heterocycles. The Balaban J connectivity index is 1.14. The molecule has 0 fully saturated rings. The molecule has 1 atom stereocenters. The van der Waals surface area contributed by atoms with Gasteiger partial charge in [0.25, 0.3) is 0 Å². The van der Waals surface area contributed by atoms with Crippen molar-refractivity contribution in [1.82, 2.24) is 9.58 Å². The molecule has 0 amide bonds. The Morgan fingerprint density at radius 3 is 2.12 bits per heavy atom. The van der Waals surface area contributed by atoms with Gasteiger partial charge >= 0.3 is 0 Å². The van der Waals surface area contributed by atoms with E-state index in [4.69, 9.17) is 15.3 Å². The number of aromatic nitrogens is 1. The number of fused-ring (bicyclic) bond motifs is 6. The molecule has 9 aromatic rings. The second kappa shape index (κ2) is 12.6. The summed E-state index contributed by atoms with van der Waals surface area (Å²) in [7, 11) is 0. The molecule has 50 heavy (non-hydrogen) atoms. The van der Waals surface area contributed by atoms with Crippen LogP contribution in [0.1, 0.15) is 22.9 Å². The summed E-state index contributed by atoms with van der Waals surface area (Å²) in [5, 5.41) is 6.47. The minimum Gasteiger partial charge on any atom is -0.455 e. The summed E-state index contributed by atoms with van der Waals surface area (Å²) < 4.78 is 8.78. The van der Waals surface area contributed by atoms with Crippen LogP contribution in [0.25, 0.3) is 60.6 Å². The Morgan fingerprint density at radius 1 is 0.620 bits per heavy atom. The number of hydrogen-bond acceptors (Lipinski definition) is 4. The summed E-state index contributed by atoms with van der Waals surface area (Å²) in [5.41, 5.74) is 10.5. The molecular weight excluding hydrogens is 613 g/mol. The molecule has 240 valence electrons. The lowest BCUT2D eigenvalue weighted by Gasteiger charge is -2.25. The first-order valence-corrected chi connectivity index (χ1v) is 16.9. The predicted octanol–water partition coefficient (Wildman–Crippen LogP) is 10.8. The lowest BCUT2D eigenvalue weighted by Crippen LogP contribution is -2.34. The summed E-state index contributed by atoms with van der Waals surface area (Å²) >= 11 is 0. The summed E-state index contributed by atoms with van der Waals surface area (Å²) in [6, 6.07) is 59.0. The van der Waals surface area contributed by atoms with Gasteiger partial charge in [-0.2, -0.15) is 0 Å². The van der Waals surface area contributed by atoms with Crippen molar-refractivity contribution in [2.45, 2.75) is 12.7 Å². The summed E-state index contributed by atoms with van der Waals surface area (Å²) in [5.74, 6) is 6.77. The van der Waals surface area contributed by atoms with E-state index in [1.807, 2.05) is 66.9 Å². The molecule has 2 N–H and O–H groups in total. The standard InChI is InChI=1S/C45H34N4O/c46-48(30-32-14-5-2-6-15-32)45(47-29-31-12-3-1-4-13-31)33-22-25-35(26-23-33)49-41-20-9-7-16-37(41)38-27-24-34(28-42(38)49)36-18-11-19-40-39-17-8-10-21-43(39)50-44(36)40/h1-29,45H,30,46H2. The Hall–Kier alpha value is -6.27. The maximum Gasteiger partial charge on any atom is 0.143 e. The van der Waals surface area contributed by atoms with Gasteiger partial charge in [-0.25, -0.2) is 5.01 Å². The molecule has 5 heteroatoms. The minimum atomic E-state index is -0.376. The van der Waals surface area contributed by atoms with Gasteiger partial charge in [-0.1, -0.05) is 140 Å². The Labute approximate surface area is 290 Å². The fourth-order valence-corrected chi connectivity index (χ4v) is 7.13. The summed E-state index contributed by atoms with van der Waals surface area (Å²) in [4.78, 5) is 5.00. The highest BCUT2D eigenvalue weighted by molar-refractivity contribution is 6.12. The number of benzene rings is 7. The number of hydrazine groups is 1. The maximum absolute atomic E-state index is 6.77. The molecule has 0 aliphatic carbocycles. The zero-order chi connectivity index (χ0) is 33.4. The van der Waals surface area contributed by atoms with E-state index >= 15 is 0 Å². The van der Waals surface area contributed by atoms with Gasteiger partial charge in [-0.15, -0.1) is 0 Å². The van der Waals surface area contributed by atoms with Crippen LogP contribution in [-0.2, 0) is 6.54 Å². The first kappa shape index (κ1) is 29.8. The summed E-state index contributed by atoms with van der Waals surface area (Å²) in [6.45, 7) is 0.563. The lowest BCUT2D eigenvalue weighted by molar-refractivity contribution is 0.199. The molecule has 0 spiro atoms. The van der Waals surface area contributed by atoms with E-state index in [0.717, 1.165) is 66.5 Å². The molecule has 0 radical (unpaired) electrons. The molecule has 0 saturated carbocycles. The van der Waals surface area contributed by atoms with Gasteiger partial charge in [0.1, 0.15) is 17.3 Å². The topological polar surface area (TPSA) is 59.7 Å². The highest BCUT2D eigenvalue weighted by atomic mass is 16.3. The van der Waals surface area contributed by atoms with Crippen LogP contribution in [0.5, 0.6) is 0 Å². The largest absolute Gasteiger partial charge is 0.455 e. The zero-order valence-corrected chi connectivity index (χ0v) is 27.4. The van der Waals surface area contributed by atoms with Gasteiger partial charge in [-0.3, -0.25) is 10.8 Å². The number of nitrogens with two attached hydrogens (primary N) is 1. The fourth-order valence-electron chi connectivity index (χ4n) is 7.13. The van der Waals surface area contributed by atoms with Crippen molar-refractivity contribution in [2.75, 3.05) is 0 Å². The SMILES string of the molecule is NN(Cc1ccccc1)C(N=Cc1ccccc1)c1ccc(-n2c3ccccc3c3ccc(-c4cccc5c4oc4ccccc45)cc32)cc1. The number of furan rings is 1. The van der Waals surface area contributed by atoms with Crippen LogP contribution in [0.2, 0.25) is 0 Å². The number of aliphatic imine (C=N–C) groups is 1. The summed E-state index contributed by atoms with van der Waals surface area (Å²) in [6.07, 6.45) is 1.53. The van der Waals surface area contributed by atoms with Gasteiger partial charge in [0.05, 0.1) is 11.0 Å². The van der Waals surface area contributed by atoms with Crippen molar-refractivity contribution in [2.24, 2.45) is 10.8 Å². The first-order chi connectivity index (χ1) is 24.7. The molecule has 5 nitrogen and oxygen atoms in total. The van der Waals surface area contributed by atoms with Crippen molar-refractivity contribution < 1.29 is 4.42 Å². The second-order valence-electron chi connectivity index (χ2n) is 12.7. The normalized spacial score (nSPS) is 12.6. The molecule has 7 aromatic carbocycles. The van der Waals surface area contributed by atoms with Crippen molar-refractivity contribution in [3.8, 4) is 16.8 Å². The molecule has 9 rings (SSSR count). The van der Waals surface area contributed by atoms with Crippen LogP contribution >= 0.6 is 0 Å². The fraction of sp³-hybridized carbons (Fsp3) is 0.0444. The monoisotopic (exact) mass is 646 g/mol. The molecule has 0 aliphatic rings. The van der Waals surface area contributed by atoms with Crippen LogP contribution in [-0.4, -0.2) is 15.8 Å². The quantitative estimate of drug-likeness (QED) is 0.102. The second-order valence-corrected chi connectivity index (χ2v) is 12.7. The average Bonchev–Trinajstić information content (AvgIpc) is 3.72. The molecule has 2 aromatic heterocycles. The van der Waals surface area contributed by atoms with Crippen LogP contribution < -0.4 is 5.84 Å². The predicted molar refractivity (Wildman–Crippen MR) is 206 cm³/mol. The maximum atomic E-state index is 6.77. The van der Waals surface area contributed by atoms with E-state index in [-0.39, 0.29) is 6.17 Å². The Morgan fingerprint density at radius 2 is 1.30 bits per heavy atom. The molecule has 0 bridgehead atoms. The molecular formula is C45H34N4O. The van der Waals surface area contributed by atoms with Crippen LogP contribution in [0.3, 0.4) is 0 Å². The smallest absolute Gasteiger partial charge is 0.143 e. The van der Waals surface area contributed by atoms with E-state index in [9.17, 15) is 0 Å². The van der Waals surface area contributed by atoms with Crippen molar-refractivity contribution in [3.63, 3.8) is 0 Å². The van der Waals surface area contributed by atoms with Gasteiger partial charge in [0.15, 0.2) is 0 Å². The zero-order valence-electron chi connectivity index (χ0n) is 27.4. The third-order valence-electron chi connectivity index (χ3n) is 9.52. The first-order valence-electron chi connectivity index (χ1n) is 16.9. The lowest BCUT2D eigenvalue weighted by atomic mass is 10.0. The number of para-hydroxylation sites is 3.